The second-order valence-electron chi connectivity index (χ2n) is 8.83. The number of fused-ring (bicyclic) bond motifs is 1. The molecule has 8 heteroatoms. The van der Waals surface area contributed by atoms with Crippen LogP contribution in [-0.4, -0.2) is 55.0 Å². The summed E-state index contributed by atoms with van der Waals surface area (Å²) in [6.07, 6.45) is 1.56. The van der Waals surface area contributed by atoms with Crippen molar-refractivity contribution in [3.05, 3.63) is 80.5 Å². The Labute approximate surface area is 221 Å². The second-order valence-corrected chi connectivity index (χ2v) is 10.2. The Morgan fingerprint density at radius 1 is 1.14 bits per heavy atom. The minimum Gasteiger partial charge on any atom is -0.497 e. The van der Waals surface area contributed by atoms with Crippen molar-refractivity contribution in [3.63, 3.8) is 0 Å². The number of carbonyl (C=O) groups excluding carboxylic acids is 2. The number of thiophene rings is 1. The first-order valence-corrected chi connectivity index (χ1v) is 13.3. The summed E-state index contributed by atoms with van der Waals surface area (Å²) in [7, 11) is 1.59. The van der Waals surface area contributed by atoms with Crippen LogP contribution in [0.5, 0.6) is 11.5 Å². The number of hydrogen-bond acceptors (Lipinski definition) is 5. The van der Waals surface area contributed by atoms with E-state index in [9.17, 15) is 9.59 Å². The van der Waals surface area contributed by atoms with E-state index >= 15 is 0 Å². The fourth-order valence-electron chi connectivity index (χ4n) is 4.45. The highest BCUT2D eigenvalue weighted by Crippen LogP contribution is 2.34. The highest BCUT2D eigenvalue weighted by Gasteiger charge is 2.33. The van der Waals surface area contributed by atoms with Crippen molar-refractivity contribution in [2.24, 2.45) is 0 Å². The first-order valence-electron chi connectivity index (χ1n) is 12.1. The van der Waals surface area contributed by atoms with Crippen LogP contribution in [0.2, 0.25) is 5.02 Å². The molecule has 2 heterocycles. The lowest BCUT2D eigenvalue weighted by atomic mass is 10.00. The maximum Gasteiger partial charge on any atom is 0.254 e. The fourth-order valence-corrected chi connectivity index (χ4v) is 5.50. The fraction of sp³-hybridized carbons (Fsp3) is 0.357. The number of hydrogen-bond donors (Lipinski definition) is 0. The molecule has 0 bridgehead atoms. The summed E-state index contributed by atoms with van der Waals surface area (Å²) >= 11 is 7.87. The van der Waals surface area contributed by atoms with Gasteiger partial charge in [-0.2, -0.15) is 0 Å². The number of aryl methyl sites for hydroxylation is 1. The van der Waals surface area contributed by atoms with Gasteiger partial charge in [0.25, 0.3) is 5.91 Å². The van der Waals surface area contributed by atoms with Gasteiger partial charge in [0.2, 0.25) is 5.91 Å². The molecule has 1 aliphatic rings. The summed E-state index contributed by atoms with van der Waals surface area (Å²) in [5.74, 6) is 1.16. The molecule has 0 aliphatic carbocycles. The third-order valence-corrected chi connectivity index (χ3v) is 7.82. The highest BCUT2D eigenvalue weighted by molar-refractivity contribution is 7.10. The summed E-state index contributed by atoms with van der Waals surface area (Å²) in [5, 5.41) is 2.75. The number of ether oxygens (including phenoxy) is 2. The van der Waals surface area contributed by atoms with Crippen LogP contribution in [0.4, 0.5) is 0 Å². The maximum absolute atomic E-state index is 13.6. The van der Waals surface area contributed by atoms with Crippen molar-refractivity contribution in [1.29, 1.82) is 0 Å². The normalized spacial score (nSPS) is 14.8. The molecule has 0 N–H and O–H groups in total. The van der Waals surface area contributed by atoms with Crippen LogP contribution in [-0.2, 0) is 11.2 Å². The number of nitrogens with zero attached hydrogens (tertiary/aromatic N) is 2. The Balaban J connectivity index is 1.51. The number of methoxy groups -OCH3 is 1. The highest BCUT2D eigenvalue weighted by atomic mass is 35.5. The zero-order valence-corrected chi connectivity index (χ0v) is 22.4. The molecule has 0 fully saturated rings. The lowest BCUT2D eigenvalue weighted by Gasteiger charge is -2.37. The molecule has 2 amide bonds. The van der Waals surface area contributed by atoms with Crippen LogP contribution >= 0.6 is 22.9 Å². The number of rotatable bonds is 9. The van der Waals surface area contributed by atoms with Gasteiger partial charge in [-0.05, 0) is 84.8 Å². The molecule has 1 atom stereocenters. The molecule has 1 aromatic heterocycles. The molecule has 190 valence electrons. The lowest BCUT2D eigenvalue weighted by Crippen LogP contribution is -2.48. The third kappa shape index (κ3) is 5.85. The van der Waals surface area contributed by atoms with Crippen molar-refractivity contribution >= 4 is 34.8 Å². The number of carbonyl (C=O) groups is 2. The van der Waals surface area contributed by atoms with Gasteiger partial charge in [-0.1, -0.05) is 18.5 Å². The number of halogens is 1. The second kappa shape index (κ2) is 11.8. The smallest absolute Gasteiger partial charge is 0.254 e. The van der Waals surface area contributed by atoms with Crippen LogP contribution in [0.3, 0.4) is 0 Å². The Kier molecular flexibility index (Phi) is 8.54. The predicted molar refractivity (Wildman–Crippen MR) is 143 cm³/mol. The first kappa shape index (κ1) is 26.0. The van der Waals surface area contributed by atoms with E-state index in [-0.39, 0.29) is 24.4 Å². The van der Waals surface area contributed by atoms with Gasteiger partial charge in [0.15, 0.2) is 0 Å². The van der Waals surface area contributed by atoms with Gasteiger partial charge in [0.1, 0.15) is 24.7 Å². The zero-order valence-electron chi connectivity index (χ0n) is 20.8. The average molecular weight is 527 g/mol. The van der Waals surface area contributed by atoms with Gasteiger partial charge in [-0.15, -0.1) is 11.3 Å². The van der Waals surface area contributed by atoms with Crippen molar-refractivity contribution < 1.29 is 19.1 Å². The van der Waals surface area contributed by atoms with Crippen LogP contribution in [0, 0.1) is 6.92 Å². The standard InChI is InChI=1S/C28H31ClN2O4S/c1-4-13-30(28(33)20-5-7-21(34-3)8-6-20)17-27(32)31-14-11-26-23(12-15-36-26)25(31)18-35-22-9-10-24(29)19(2)16-22/h5-10,12,15-16,25H,4,11,13-14,17-18H2,1-3H3/t25-/m0/s1. The SMILES string of the molecule is CCCN(CC(=O)N1CCc2sccc2[C@@H]1COc1ccc(Cl)c(C)c1)C(=O)c1ccc(OC)cc1. The summed E-state index contributed by atoms with van der Waals surface area (Å²) in [6.45, 7) is 5.38. The van der Waals surface area contributed by atoms with E-state index in [0.717, 1.165) is 24.0 Å². The predicted octanol–water partition coefficient (Wildman–Crippen LogP) is 5.78. The molecule has 0 unspecified atom stereocenters. The molecular weight excluding hydrogens is 496 g/mol. The molecule has 0 radical (unpaired) electrons. The van der Waals surface area contributed by atoms with E-state index < -0.39 is 0 Å². The molecule has 2 aromatic carbocycles. The van der Waals surface area contributed by atoms with E-state index in [0.29, 0.717) is 41.8 Å². The molecule has 4 rings (SSSR count). The van der Waals surface area contributed by atoms with Crippen LogP contribution in [0.15, 0.2) is 53.9 Å². The van der Waals surface area contributed by atoms with E-state index in [1.165, 1.54) is 4.88 Å². The molecule has 0 spiro atoms. The molecule has 0 saturated carbocycles. The molecule has 36 heavy (non-hydrogen) atoms. The lowest BCUT2D eigenvalue weighted by molar-refractivity contribution is -0.135. The molecule has 1 aliphatic heterocycles. The molecule has 0 saturated heterocycles. The van der Waals surface area contributed by atoms with Gasteiger partial charge in [-0.3, -0.25) is 9.59 Å². The largest absolute Gasteiger partial charge is 0.497 e. The molecular formula is C28H31ClN2O4S. The average Bonchev–Trinajstić information content (AvgIpc) is 3.37. The summed E-state index contributed by atoms with van der Waals surface area (Å²) in [5.41, 5.74) is 2.59. The first-order chi connectivity index (χ1) is 17.4. The van der Waals surface area contributed by atoms with Crippen molar-refractivity contribution in [1.82, 2.24) is 9.80 Å². The van der Waals surface area contributed by atoms with Crippen molar-refractivity contribution in [3.8, 4) is 11.5 Å². The van der Waals surface area contributed by atoms with Crippen molar-refractivity contribution in [2.75, 3.05) is 33.4 Å². The number of amides is 2. The van der Waals surface area contributed by atoms with Crippen LogP contribution < -0.4 is 9.47 Å². The summed E-state index contributed by atoms with van der Waals surface area (Å²) in [6, 6.07) is 14.4. The summed E-state index contributed by atoms with van der Waals surface area (Å²) in [4.78, 5) is 31.6. The third-order valence-electron chi connectivity index (χ3n) is 6.40. The maximum atomic E-state index is 13.6. The van der Waals surface area contributed by atoms with E-state index in [1.807, 2.05) is 36.9 Å². The van der Waals surface area contributed by atoms with Crippen molar-refractivity contribution in [2.45, 2.75) is 32.7 Å². The Morgan fingerprint density at radius 2 is 1.89 bits per heavy atom. The van der Waals surface area contributed by atoms with E-state index in [4.69, 9.17) is 21.1 Å². The Hall–Kier alpha value is -3.03. The van der Waals surface area contributed by atoms with Crippen LogP contribution in [0.1, 0.15) is 45.7 Å². The molecule has 3 aromatic rings. The minimum absolute atomic E-state index is 0.0225. The topological polar surface area (TPSA) is 59.1 Å². The quantitative estimate of drug-likeness (QED) is 0.355. The van der Waals surface area contributed by atoms with Gasteiger partial charge in [-0.25, -0.2) is 0 Å². The Morgan fingerprint density at radius 3 is 2.58 bits per heavy atom. The van der Waals surface area contributed by atoms with Gasteiger partial charge < -0.3 is 19.3 Å². The summed E-state index contributed by atoms with van der Waals surface area (Å²) < 4.78 is 11.3. The van der Waals surface area contributed by atoms with Crippen LogP contribution in [0.25, 0.3) is 0 Å². The van der Waals surface area contributed by atoms with E-state index in [2.05, 4.69) is 11.4 Å². The van der Waals surface area contributed by atoms with Gasteiger partial charge in [0, 0.05) is 28.6 Å². The van der Waals surface area contributed by atoms with Gasteiger partial charge >= 0.3 is 0 Å². The molecule has 6 nitrogen and oxygen atoms in total. The monoisotopic (exact) mass is 526 g/mol. The zero-order chi connectivity index (χ0) is 25.7. The van der Waals surface area contributed by atoms with E-state index in [1.54, 1.807) is 47.6 Å². The minimum atomic E-state index is -0.219. The Bertz CT molecular complexity index is 1210. The van der Waals surface area contributed by atoms with Gasteiger partial charge in [0.05, 0.1) is 13.2 Å². The number of benzene rings is 2.